The number of rotatable bonds is 4. The van der Waals surface area contributed by atoms with Crippen LogP contribution in [0, 0.1) is 0 Å². The summed E-state index contributed by atoms with van der Waals surface area (Å²) in [6.07, 6.45) is 3.11. The summed E-state index contributed by atoms with van der Waals surface area (Å²) in [5, 5.41) is 8.95. The average Bonchev–Trinajstić information content (AvgIpc) is 2.25. The van der Waals surface area contributed by atoms with E-state index in [0.717, 1.165) is 0 Å². The van der Waals surface area contributed by atoms with E-state index in [1.54, 1.807) is 6.20 Å². The Bertz CT molecular complexity index is 488. The number of aromatic nitrogens is 2. The molecular weight excluding hydrogens is 234 g/mol. The first kappa shape index (κ1) is 14.2. The van der Waals surface area contributed by atoms with Crippen LogP contribution < -0.4 is 10.5 Å². The molecule has 1 aromatic heterocycles. The van der Waals surface area contributed by atoms with Gasteiger partial charge in [-0.3, -0.25) is 9.59 Å². The van der Waals surface area contributed by atoms with Crippen molar-refractivity contribution in [1.29, 1.82) is 0 Å². The minimum absolute atomic E-state index is 0.175. The Labute approximate surface area is 106 Å². The molecule has 6 nitrogen and oxygen atoms in total. The summed E-state index contributed by atoms with van der Waals surface area (Å²) in [5.41, 5.74) is -0.756. The fraction of sp³-hybridized carbons (Fsp3) is 0.583. The van der Waals surface area contributed by atoms with Gasteiger partial charge in [0.1, 0.15) is 6.54 Å². The zero-order chi connectivity index (χ0) is 13.9. The van der Waals surface area contributed by atoms with Gasteiger partial charge in [-0.15, -0.1) is 0 Å². The number of hydrogen-bond donors (Lipinski definition) is 1. The van der Waals surface area contributed by atoms with Gasteiger partial charge < -0.3 is 14.6 Å². The third-order valence-electron chi connectivity index (χ3n) is 2.60. The predicted molar refractivity (Wildman–Crippen MR) is 68.9 cm³/mol. The maximum absolute atomic E-state index is 12.1. The van der Waals surface area contributed by atoms with E-state index in [9.17, 15) is 9.59 Å². The van der Waals surface area contributed by atoms with Crippen molar-refractivity contribution in [1.82, 2.24) is 9.55 Å². The second kappa shape index (κ2) is 5.20. The smallest absolute Gasteiger partial charge is 0.323 e. The fourth-order valence-corrected chi connectivity index (χ4v) is 1.63. The second-order valence-electron chi connectivity index (χ2n) is 4.99. The van der Waals surface area contributed by atoms with E-state index in [2.05, 4.69) is 4.98 Å². The van der Waals surface area contributed by atoms with E-state index in [-0.39, 0.29) is 17.9 Å². The molecule has 0 aliphatic heterocycles. The molecule has 0 saturated heterocycles. The van der Waals surface area contributed by atoms with Crippen molar-refractivity contribution in [3.8, 4) is 0 Å². The molecule has 0 unspecified atom stereocenters. The summed E-state index contributed by atoms with van der Waals surface area (Å²) in [7, 11) is 0. The summed E-state index contributed by atoms with van der Waals surface area (Å²) < 4.78 is 1.50. The van der Waals surface area contributed by atoms with Gasteiger partial charge in [0.05, 0.1) is 0 Å². The standard InChI is InChI=1S/C12H19N3O3/c1-5-14-7-6-13-10(11(14)18)15(8-9(16)17)12(2,3)4/h6-7H,5,8H2,1-4H3,(H,16,17). The number of aryl methyl sites for hydroxylation is 1. The van der Waals surface area contributed by atoms with Crippen molar-refractivity contribution >= 4 is 11.8 Å². The number of nitrogens with zero attached hydrogens (tertiary/aromatic N) is 3. The van der Waals surface area contributed by atoms with Crippen LogP contribution in [-0.4, -0.2) is 32.7 Å². The van der Waals surface area contributed by atoms with E-state index in [0.29, 0.717) is 6.54 Å². The molecule has 0 fully saturated rings. The Balaban J connectivity index is 3.30. The molecule has 1 aromatic rings. The second-order valence-corrected chi connectivity index (χ2v) is 4.99. The minimum atomic E-state index is -0.988. The molecule has 0 amide bonds. The van der Waals surface area contributed by atoms with E-state index in [1.807, 2.05) is 27.7 Å². The van der Waals surface area contributed by atoms with Gasteiger partial charge in [0, 0.05) is 24.5 Å². The molecule has 0 bridgehead atoms. The summed E-state index contributed by atoms with van der Waals surface area (Å²) in [6.45, 7) is 7.67. The molecule has 0 atom stereocenters. The number of anilines is 1. The van der Waals surface area contributed by atoms with Gasteiger partial charge in [-0.05, 0) is 27.7 Å². The van der Waals surface area contributed by atoms with Crippen LogP contribution in [0.4, 0.5) is 5.82 Å². The molecule has 1 heterocycles. The Kier molecular flexibility index (Phi) is 4.11. The van der Waals surface area contributed by atoms with E-state index < -0.39 is 11.5 Å². The van der Waals surface area contributed by atoms with Gasteiger partial charge in [-0.25, -0.2) is 4.98 Å². The van der Waals surface area contributed by atoms with E-state index in [1.165, 1.54) is 15.7 Å². The van der Waals surface area contributed by atoms with Crippen LogP contribution >= 0.6 is 0 Å². The Morgan fingerprint density at radius 2 is 2.11 bits per heavy atom. The number of hydrogen-bond acceptors (Lipinski definition) is 4. The van der Waals surface area contributed by atoms with Crippen LogP contribution in [0.25, 0.3) is 0 Å². The predicted octanol–water partition coefficient (Wildman–Crippen LogP) is 0.953. The zero-order valence-electron chi connectivity index (χ0n) is 11.2. The van der Waals surface area contributed by atoms with Crippen LogP contribution in [0.1, 0.15) is 27.7 Å². The van der Waals surface area contributed by atoms with Gasteiger partial charge in [0.15, 0.2) is 5.82 Å². The molecule has 18 heavy (non-hydrogen) atoms. The number of carboxylic acids is 1. The number of carbonyl (C=O) groups is 1. The van der Waals surface area contributed by atoms with Crippen LogP contribution in [0.5, 0.6) is 0 Å². The van der Waals surface area contributed by atoms with Crippen molar-refractivity contribution in [3.63, 3.8) is 0 Å². The Hall–Kier alpha value is -1.85. The maximum atomic E-state index is 12.1. The average molecular weight is 253 g/mol. The lowest BCUT2D eigenvalue weighted by molar-refractivity contribution is -0.135. The normalized spacial score (nSPS) is 11.3. The largest absolute Gasteiger partial charge is 0.480 e. The lowest BCUT2D eigenvalue weighted by Gasteiger charge is -2.34. The van der Waals surface area contributed by atoms with Crippen LogP contribution in [0.3, 0.4) is 0 Å². The Morgan fingerprint density at radius 3 is 2.56 bits per heavy atom. The summed E-state index contributed by atoms with van der Waals surface area (Å²) in [6, 6.07) is 0. The fourth-order valence-electron chi connectivity index (χ4n) is 1.63. The van der Waals surface area contributed by atoms with Crippen molar-refractivity contribution in [2.75, 3.05) is 11.4 Å². The van der Waals surface area contributed by atoms with Crippen LogP contribution in [0.15, 0.2) is 17.2 Å². The molecular formula is C12H19N3O3. The van der Waals surface area contributed by atoms with E-state index in [4.69, 9.17) is 5.11 Å². The first-order valence-corrected chi connectivity index (χ1v) is 5.82. The summed E-state index contributed by atoms with van der Waals surface area (Å²) >= 11 is 0. The first-order chi connectivity index (χ1) is 8.27. The van der Waals surface area contributed by atoms with Crippen molar-refractivity contribution in [3.05, 3.63) is 22.7 Å². The van der Waals surface area contributed by atoms with Gasteiger partial charge in [0.2, 0.25) is 0 Å². The molecule has 0 aromatic carbocycles. The van der Waals surface area contributed by atoms with Crippen molar-refractivity contribution in [2.45, 2.75) is 39.8 Å². The van der Waals surface area contributed by atoms with E-state index >= 15 is 0 Å². The quantitative estimate of drug-likeness (QED) is 0.864. The highest BCUT2D eigenvalue weighted by Gasteiger charge is 2.27. The highest BCUT2D eigenvalue weighted by Crippen LogP contribution is 2.17. The zero-order valence-corrected chi connectivity index (χ0v) is 11.2. The van der Waals surface area contributed by atoms with Gasteiger partial charge in [-0.2, -0.15) is 0 Å². The molecule has 0 radical (unpaired) electrons. The summed E-state index contributed by atoms with van der Waals surface area (Å²) in [5.74, 6) is -0.813. The molecule has 1 N–H and O–H groups in total. The van der Waals surface area contributed by atoms with Gasteiger partial charge in [0.25, 0.3) is 5.56 Å². The molecule has 100 valence electrons. The highest BCUT2D eigenvalue weighted by molar-refractivity contribution is 5.73. The first-order valence-electron chi connectivity index (χ1n) is 5.82. The Morgan fingerprint density at radius 1 is 1.50 bits per heavy atom. The molecule has 0 aliphatic rings. The topological polar surface area (TPSA) is 75.4 Å². The van der Waals surface area contributed by atoms with Gasteiger partial charge in [-0.1, -0.05) is 0 Å². The molecule has 1 rings (SSSR count). The molecule has 0 aliphatic carbocycles. The highest BCUT2D eigenvalue weighted by atomic mass is 16.4. The van der Waals surface area contributed by atoms with Crippen LogP contribution in [0.2, 0.25) is 0 Å². The third-order valence-corrected chi connectivity index (χ3v) is 2.60. The molecule has 0 saturated carbocycles. The molecule has 0 spiro atoms. The maximum Gasteiger partial charge on any atom is 0.323 e. The summed E-state index contributed by atoms with van der Waals surface area (Å²) in [4.78, 5) is 28.6. The number of aliphatic carboxylic acids is 1. The lowest BCUT2D eigenvalue weighted by atomic mass is 10.1. The minimum Gasteiger partial charge on any atom is -0.480 e. The van der Waals surface area contributed by atoms with Gasteiger partial charge >= 0.3 is 5.97 Å². The number of carboxylic acid groups (broad SMARTS) is 1. The third kappa shape index (κ3) is 3.09. The lowest BCUT2D eigenvalue weighted by Crippen LogP contribution is -2.48. The van der Waals surface area contributed by atoms with Crippen LogP contribution in [-0.2, 0) is 11.3 Å². The monoisotopic (exact) mass is 253 g/mol. The SMILES string of the molecule is CCn1ccnc(N(CC(=O)O)C(C)(C)C)c1=O. The van der Waals surface area contributed by atoms with Crippen molar-refractivity contribution < 1.29 is 9.90 Å². The molecule has 6 heteroatoms. The van der Waals surface area contributed by atoms with Crippen molar-refractivity contribution in [2.24, 2.45) is 0 Å².